The number of nitro groups is 2. The van der Waals surface area contributed by atoms with Crippen molar-refractivity contribution in [2.45, 2.75) is 17.9 Å². The largest absolute Gasteiger partial charge is 0.474 e. The van der Waals surface area contributed by atoms with E-state index in [1.165, 1.54) is 29.4 Å². The summed E-state index contributed by atoms with van der Waals surface area (Å²) in [5.41, 5.74) is -0.709. The highest BCUT2D eigenvalue weighted by Crippen LogP contribution is 2.32. The van der Waals surface area contributed by atoms with Gasteiger partial charge in [-0.05, 0) is 25.1 Å². The Balaban J connectivity index is 1.78. The summed E-state index contributed by atoms with van der Waals surface area (Å²) in [6, 6.07) is 8.39. The predicted molar refractivity (Wildman–Crippen MR) is 114 cm³/mol. The molecule has 1 N–H and O–H groups in total. The molecule has 0 bridgehead atoms. The van der Waals surface area contributed by atoms with E-state index in [2.05, 4.69) is 5.32 Å². The van der Waals surface area contributed by atoms with Crippen LogP contribution >= 0.6 is 0 Å². The molecule has 13 nitrogen and oxygen atoms in total. The molecule has 1 heterocycles. The first-order chi connectivity index (χ1) is 15.6. The number of benzene rings is 2. The summed E-state index contributed by atoms with van der Waals surface area (Å²) in [5.74, 6) is -1.02. The molecule has 2 aromatic rings. The zero-order valence-corrected chi connectivity index (χ0v) is 18.2. The van der Waals surface area contributed by atoms with E-state index < -0.39 is 37.6 Å². The maximum atomic E-state index is 12.8. The Morgan fingerprint density at radius 3 is 2.45 bits per heavy atom. The number of amides is 1. The molecule has 1 fully saturated rings. The normalized spacial score (nSPS) is 15.4. The summed E-state index contributed by atoms with van der Waals surface area (Å²) in [6.45, 7) is 2.03. The molecule has 0 radical (unpaired) electrons. The summed E-state index contributed by atoms with van der Waals surface area (Å²) in [5, 5.41) is 24.9. The number of nitro benzene ring substituents is 2. The number of carbonyl (C=O) groups is 1. The Bertz CT molecular complexity index is 1180. The van der Waals surface area contributed by atoms with Gasteiger partial charge in [-0.15, -0.1) is 0 Å². The summed E-state index contributed by atoms with van der Waals surface area (Å²) >= 11 is 0. The fourth-order valence-corrected chi connectivity index (χ4v) is 4.45. The summed E-state index contributed by atoms with van der Waals surface area (Å²) < 4.78 is 37.3. The first-order valence-electron chi connectivity index (χ1n) is 9.68. The molecule has 2 aromatic carbocycles. The molecule has 0 saturated carbocycles. The zero-order valence-electron chi connectivity index (χ0n) is 17.4. The van der Waals surface area contributed by atoms with Crippen LogP contribution in [0.15, 0.2) is 47.4 Å². The first kappa shape index (κ1) is 24.0. The molecule has 176 valence electrons. The number of carbonyl (C=O) groups excluding carboxylic acids is 1. The molecule has 0 spiro atoms. The van der Waals surface area contributed by atoms with E-state index in [-0.39, 0.29) is 48.3 Å². The van der Waals surface area contributed by atoms with Crippen molar-refractivity contribution in [1.29, 1.82) is 0 Å². The zero-order chi connectivity index (χ0) is 24.2. The average Bonchev–Trinajstić information content (AvgIpc) is 2.79. The SMILES string of the molecule is CC(Oc1ccc(S(=O)(=O)N2CCOCC2)cc1[N+](=O)[O-])C(=O)Nc1cccc([N+](=O)[O-])c1. The molecule has 1 aliphatic heterocycles. The van der Waals surface area contributed by atoms with Gasteiger partial charge in [-0.3, -0.25) is 25.0 Å². The second-order valence-corrected chi connectivity index (χ2v) is 8.90. The third kappa shape index (κ3) is 5.60. The van der Waals surface area contributed by atoms with Gasteiger partial charge in [-0.25, -0.2) is 8.42 Å². The maximum Gasteiger partial charge on any atom is 0.312 e. The van der Waals surface area contributed by atoms with E-state index in [4.69, 9.17) is 9.47 Å². The highest BCUT2D eigenvalue weighted by molar-refractivity contribution is 7.89. The molecular formula is C19H20N4O9S. The number of non-ortho nitro benzene ring substituents is 1. The Morgan fingerprint density at radius 1 is 1.12 bits per heavy atom. The number of ether oxygens (including phenoxy) is 2. The molecular weight excluding hydrogens is 460 g/mol. The smallest absolute Gasteiger partial charge is 0.312 e. The van der Waals surface area contributed by atoms with Crippen LogP contribution in [-0.2, 0) is 19.6 Å². The minimum atomic E-state index is -3.97. The Morgan fingerprint density at radius 2 is 1.82 bits per heavy atom. The Kier molecular flexibility index (Phi) is 7.20. The van der Waals surface area contributed by atoms with Gasteiger partial charge in [0.05, 0.1) is 28.0 Å². The van der Waals surface area contributed by atoms with Crippen molar-refractivity contribution in [3.63, 3.8) is 0 Å². The van der Waals surface area contributed by atoms with Crippen LogP contribution in [0.5, 0.6) is 5.75 Å². The van der Waals surface area contributed by atoms with Crippen LogP contribution in [0.2, 0.25) is 0 Å². The van der Waals surface area contributed by atoms with Crippen molar-refractivity contribution in [2.24, 2.45) is 0 Å². The highest BCUT2D eigenvalue weighted by Gasteiger charge is 2.30. The molecule has 14 heteroatoms. The lowest BCUT2D eigenvalue weighted by Gasteiger charge is -2.26. The van der Waals surface area contributed by atoms with Crippen molar-refractivity contribution in [3.05, 3.63) is 62.7 Å². The number of rotatable bonds is 8. The van der Waals surface area contributed by atoms with E-state index in [9.17, 15) is 33.4 Å². The number of morpholine rings is 1. The molecule has 0 aliphatic carbocycles. The van der Waals surface area contributed by atoms with Crippen LogP contribution in [0.25, 0.3) is 0 Å². The van der Waals surface area contributed by atoms with Crippen molar-refractivity contribution in [2.75, 3.05) is 31.6 Å². The van der Waals surface area contributed by atoms with Gasteiger partial charge in [-0.1, -0.05) is 6.07 Å². The fraction of sp³-hybridized carbons (Fsp3) is 0.316. The summed E-state index contributed by atoms with van der Waals surface area (Å²) in [7, 11) is -3.97. The van der Waals surface area contributed by atoms with Gasteiger partial charge in [0, 0.05) is 37.0 Å². The molecule has 1 saturated heterocycles. The number of hydrogen-bond donors (Lipinski definition) is 1. The molecule has 0 aromatic heterocycles. The number of sulfonamides is 1. The topological polar surface area (TPSA) is 171 Å². The summed E-state index contributed by atoms with van der Waals surface area (Å²) in [4.78, 5) is 33.1. The second-order valence-electron chi connectivity index (χ2n) is 6.96. The quantitative estimate of drug-likeness (QED) is 0.438. The third-order valence-corrected chi connectivity index (χ3v) is 6.63. The van der Waals surface area contributed by atoms with Crippen LogP contribution in [0.4, 0.5) is 17.1 Å². The van der Waals surface area contributed by atoms with Crippen LogP contribution in [0.3, 0.4) is 0 Å². The van der Waals surface area contributed by atoms with Crippen LogP contribution < -0.4 is 10.1 Å². The van der Waals surface area contributed by atoms with Crippen LogP contribution in [0, 0.1) is 20.2 Å². The van der Waals surface area contributed by atoms with E-state index in [0.29, 0.717) is 0 Å². The predicted octanol–water partition coefficient (Wildman–Crippen LogP) is 1.93. The van der Waals surface area contributed by atoms with Gasteiger partial charge < -0.3 is 14.8 Å². The van der Waals surface area contributed by atoms with Gasteiger partial charge in [0.2, 0.25) is 10.0 Å². The lowest BCUT2D eigenvalue weighted by molar-refractivity contribution is -0.386. The van der Waals surface area contributed by atoms with E-state index in [1.54, 1.807) is 0 Å². The molecule has 1 amide bonds. The number of nitrogens with one attached hydrogen (secondary N) is 1. The molecule has 3 rings (SSSR count). The third-order valence-electron chi connectivity index (χ3n) is 4.73. The molecule has 1 aliphatic rings. The Hall–Kier alpha value is -3.62. The maximum absolute atomic E-state index is 12.8. The minimum absolute atomic E-state index is 0.128. The number of hydrogen-bond acceptors (Lipinski definition) is 9. The Labute approximate surface area is 188 Å². The lowest BCUT2D eigenvalue weighted by Crippen LogP contribution is -2.40. The molecule has 1 atom stereocenters. The number of nitrogens with zero attached hydrogens (tertiary/aromatic N) is 3. The number of anilines is 1. The minimum Gasteiger partial charge on any atom is -0.474 e. The molecule has 1 unspecified atom stereocenters. The van der Waals surface area contributed by atoms with E-state index in [1.807, 2.05) is 0 Å². The van der Waals surface area contributed by atoms with Crippen LogP contribution in [0.1, 0.15) is 6.92 Å². The average molecular weight is 480 g/mol. The van der Waals surface area contributed by atoms with Crippen LogP contribution in [-0.4, -0.2) is 60.9 Å². The van der Waals surface area contributed by atoms with Gasteiger partial charge in [0.15, 0.2) is 11.9 Å². The van der Waals surface area contributed by atoms with Crippen molar-refractivity contribution < 1.29 is 32.5 Å². The fourth-order valence-electron chi connectivity index (χ4n) is 3.02. The van der Waals surface area contributed by atoms with Crippen molar-refractivity contribution in [3.8, 4) is 5.75 Å². The first-order valence-corrected chi connectivity index (χ1v) is 11.1. The van der Waals surface area contributed by atoms with Gasteiger partial charge in [-0.2, -0.15) is 4.31 Å². The van der Waals surface area contributed by atoms with E-state index >= 15 is 0 Å². The highest BCUT2D eigenvalue weighted by atomic mass is 32.2. The van der Waals surface area contributed by atoms with Gasteiger partial charge in [0.25, 0.3) is 11.6 Å². The molecule has 33 heavy (non-hydrogen) atoms. The van der Waals surface area contributed by atoms with Crippen molar-refractivity contribution in [1.82, 2.24) is 4.31 Å². The summed E-state index contributed by atoms with van der Waals surface area (Å²) in [6.07, 6.45) is -1.23. The lowest BCUT2D eigenvalue weighted by atomic mass is 10.2. The van der Waals surface area contributed by atoms with E-state index in [0.717, 1.165) is 24.3 Å². The second kappa shape index (κ2) is 9.89. The standard InChI is InChI=1S/C19H20N4O9S/c1-13(19(24)20-14-3-2-4-15(11-14)22(25)26)32-18-6-5-16(12-17(18)23(27)28)33(29,30)21-7-9-31-10-8-21/h2-6,11-13H,7-10H2,1H3,(H,20,24). The van der Waals surface area contributed by atoms with Gasteiger partial charge in [0.1, 0.15) is 0 Å². The van der Waals surface area contributed by atoms with Crippen molar-refractivity contribution >= 4 is 33.0 Å². The monoisotopic (exact) mass is 480 g/mol. The van der Waals surface area contributed by atoms with Gasteiger partial charge >= 0.3 is 5.69 Å².